The van der Waals surface area contributed by atoms with Crippen molar-refractivity contribution in [3.8, 4) is 0 Å². The molecule has 1 heterocycles. The highest BCUT2D eigenvalue weighted by Crippen LogP contribution is 2.24. The monoisotopic (exact) mass is 263 g/mol. The Morgan fingerprint density at radius 1 is 1.18 bits per heavy atom. The normalized spacial score (nSPS) is 12.1. The summed E-state index contributed by atoms with van der Waals surface area (Å²) in [6.45, 7) is 0. The zero-order valence-electron chi connectivity index (χ0n) is 8.71. The second-order valence-corrected chi connectivity index (χ2v) is 4.08. The summed E-state index contributed by atoms with van der Waals surface area (Å²) in [5, 5.41) is 12.6. The first kappa shape index (κ1) is 11.8. The number of pyridine rings is 1. The van der Waals surface area contributed by atoms with Crippen molar-refractivity contribution >= 4 is 35.0 Å². The first-order chi connectivity index (χ1) is 8.20. The lowest BCUT2D eigenvalue weighted by molar-refractivity contribution is -0.356. The van der Waals surface area contributed by atoms with Gasteiger partial charge in [-0.25, -0.2) is 0 Å². The molecule has 1 aromatic carbocycles. The molecule has 17 heavy (non-hydrogen) atoms. The van der Waals surface area contributed by atoms with E-state index < -0.39 is 0 Å². The summed E-state index contributed by atoms with van der Waals surface area (Å²) >= 11 is 11.0. The van der Waals surface area contributed by atoms with Crippen LogP contribution in [0.4, 0.5) is 5.69 Å². The van der Waals surface area contributed by atoms with Crippen LogP contribution in [0.15, 0.2) is 48.8 Å². The molecule has 0 saturated heterocycles. The van der Waals surface area contributed by atoms with Crippen molar-refractivity contribution in [1.82, 2.24) is 4.98 Å². The smallest absolute Gasteiger partial charge is 0.290 e. The predicted octanol–water partition coefficient (Wildman–Crippen LogP) is 3.52. The lowest BCUT2D eigenvalue weighted by atomic mass is 10.3. The Morgan fingerprint density at radius 2 is 1.82 bits per heavy atom. The van der Waals surface area contributed by atoms with Gasteiger partial charge in [-0.05, 0) is 30.8 Å². The van der Waals surface area contributed by atoms with E-state index >= 15 is 0 Å². The van der Waals surface area contributed by atoms with Crippen LogP contribution in [0.3, 0.4) is 0 Å². The second-order valence-electron chi connectivity index (χ2n) is 3.29. The lowest BCUT2D eigenvalue weighted by Crippen LogP contribution is -2.07. The van der Waals surface area contributed by atoms with Crippen LogP contribution < -0.4 is 0 Å². The molecule has 0 aliphatic heterocycles. The summed E-state index contributed by atoms with van der Waals surface area (Å²) in [5.74, 6) is 0. The number of benzene rings is 1. The predicted molar refractivity (Wildman–Crippen MR) is 70.7 cm³/mol. The average Bonchev–Trinajstić information content (AvgIpc) is 2.39. The molecule has 0 aliphatic rings. The van der Waals surface area contributed by atoms with Crippen LogP contribution in [-0.2, 0) is 0 Å². The first-order valence-corrected chi connectivity index (χ1v) is 5.65. The third-order valence-electron chi connectivity index (χ3n) is 2.18. The minimum atomic E-state index is 0.167. The molecule has 0 atom stereocenters. The van der Waals surface area contributed by atoms with Crippen LogP contribution in [0, 0.1) is 5.21 Å². The van der Waals surface area contributed by atoms with Crippen LogP contribution in [-0.4, -0.2) is 14.8 Å². The minimum absolute atomic E-state index is 0.167. The molecule has 2 aromatic rings. The number of nitrogens with zero attached hydrogens (tertiary/aromatic N) is 2. The molecule has 0 spiro atoms. The number of aromatic nitrogens is 1. The maximum atomic E-state index is 12.0. The van der Waals surface area contributed by atoms with Gasteiger partial charge in [0, 0.05) is 18.5 Å². The van der Waals surface area contributed by atoms with E-state index in [1.54, 1.807) is 48.8 Å². The van der Waals surface area contributed by atoms with Crippen molar-refractivity contribution in [3.05, 3.63) is 64.6 Å². The fraction of sp³-hybridized carbons (Fsp3) is 0. The summed E-state index contributed by atoms with van der Waals surface area (Å²) < 4.78 is 0.646. The van der Waals surface area contributed by atoms with Crippen LogP contribution in [0.1, 0.15) is 5.56 Å². The van der Waals surface area contributed by atoms with Crippen molar-refractivity contribution in [2.45, 2.75) is 0 Å². The number of para-hydroxylation sites is 1. The molecule has 3 nitrogen and oxygen atoms in total. The van der Waals surface area contributed by atoms with Gasteiger partial charge in [-0.2, -0.15) is 4.74 Å². The molecule has 1 radical (unpaired) electrons. The van der Waals surface area contributed by atoms with Crippen molar-refractivity contribution in [2.75, 3.05) is 0 Å². The Bertz CT molecular complexity index is 557. The van der Waals surface area contributed by atoms with Gasteiger partial charge in [-0.3, -0.25) is 4.98 Å². The highest BCUT2D eigenvalue weighted by atomic mass is 35.5. The molecule has 0 saturated carbocycles. The second kappa shape index (κ2) is 5.12. The first-order valence-electron chi connectivity index (χ1n) is 4.86. The van der Waals surface area contributed by atoms with Gasteiger partial charge in [0.1, 0.15) is 5.02 Å². The Balaban J connectivity index is 2.50. The fourth-order valence-corrected chi connectivity index (χ4v) is 1.78. The molecule has 0 aliphatic carbocycles. The molecular formula is C12H8ClN2OS. The number of halogens is 1. The van der Waals surface area contributed by atoms with E-state index in [4.69, 9.17) is 24.2 Å². The Morgan fingerprint density at radius 3 is 2.47 bits per heavy atom. The number of hydrogen-bond donors (Lipinski definition) is 0. The summed E-state index contributed by atoms with van der Waals surface area (Å²) in [5.41, 5.74) is 0.987. The lowest BCUT2D eigenvalue weighted by Gasteiger charge is -2.06. The van der Waals surface area contributed by atoms with Gasteiger partial charge in [0.25, 0.3) is 5.04 Å². The quantitative estimate of drug-likeness (QED) is 0.273. The van der Waals surface area contributed by atoms with Crippen molar-refractivity contribution in [1.29, 1.82) is 0 Å². The Hall–Kier alpha value is -1.65. The van der Waals surface area contributed by atoms with Gasteiger partial charge in [0.15, 0.2) is 0 Å². The van der Waals surface area contributed by atoms with Crippen LogP contribution in [0.25, 0.3) is 0 Å². The zero-order valence-corrected chi connectivity index (χ0v) is 10.3. The third kappa shape index (κ3) is 2.54. The van der Waals surface area contributed by atoms with Crippen LogP contribution in [0.2, 0.25) is 5.02 Å². The molecule has 85 valence electrons. The molecule has 1 aromatic heterocycles. The molecule has 5 heteroatoms. The molecule has 0 unspecified atom stereocenters. The largest absolute Gasteiger partial charge is 0.617 e. The van der Waals surface area contributed by atoms with E-state index in [0.717, 1.165) is 0 Å². The topological polar surface area (TPSA) is 39.0 Å². The van der Waals surface area contributed by atoms with E-state index in [-0.39, 0.29) is 5.04 Å². The summed E-state index contributed by atoms with van der Waals surface area (Å²) in [7, 11) is 0. The van der Waals surface area contributed by atoms with E-state index in [9.17, 15) is 5.21 Å². The average molecular weight is 264 g/mol. The van der Waals surface area contributed by atoms with Crippen molar-refractivity contribution in [2.24, 2.45) is 0 Å². The van der Waals surface area contributed by atoms with Gasteiger partial charge >= 0.3 is 0 Å². The van der Waals surface area contributed by atoms with E-state index in [1.165, 1.54) is 0 Å². The molecule has 0 bridgehead atoms. The molecule has 0 fully saturated rings. The van der Waals surface area contributed by atoms with E-state index in [0.29, 0.717) is 21.0 Å². The number of hydrogen-bond acceptors (Lipinski definition) is 2. The molecule has 0 N–H and O–H groups in total. The van der Waals surface area contributed by atoms with Gasteiger partial charge in [0.05, 0.1) is 5.56 Å². The molecule has 0 amide bonds. The third-order valence-corrected chi connectivity index (χ3v) is 2.90. The van der Waals surface area contributed by atoms with E-state index in [2.05, 4.69) is 4.98 Å². The molecular weight excluding hydrogens is 256 g/mol. The Labute approximate surface area is 109 Å². The SMILES string of the molecule is [O-]/[N+](=C(/[S])c1ccncc1)c1ccccc1Cl. The summed E-state index contributed by atoms with van der Waals surface area (Å²) in [4.78, 5) is 3.87. The maximum absolute atomic E-state index is 12.0. The van der Waals surface area contributed by atoms with Crippen LogP contribution in [0.5, 0.6) is 0 Å². The zero-order chi connectivity index (χ0) is 12.3. The highest BCUT2D eigenvalue weighted by molar-refractivity contribution is 7.97. The summed E-state index contributed by atoms with van der Waals surface area (Å²) in [6, 6.07) is 10.1. The standard InChI is InChI=1S/C12H8ClN2OS/c13-10-3-1-2-4-11(10)15(16)12(17)9-5-7-14-8-6-9/h1-8H/b15-12+. The molecule has 2 rings (SSSR count). The van der Waals surface area contributed by atoms with Gasteiger partial charge < -0.3 is 5.21 Å². The Kier molecular flexibility index (Phi) is 3.56. The van der Waals surface area contributed by atoms with E-state index in [1.807, 2.05) is 0 Å². The maximum Gasteiger partial charge on any atom is 0.290 e. The number of rotatable bonds is 2. The van der Waals surface area contributed by atoms with Gasteiger partial charge in [0.2, 0.25) is 5.69 Å². The van der Waals surface area contributed by atoms with Gasteiger partial charge in [-0.15, -0.1) is 0 Å². The van der Waals surface area contributed by atoms with Gasteiger partial charge in [-0.1, -0.05) is 23.7 Å². The summed E-state index contributed by atoms with van der Waals surface area (Å²) in [6.07, 6.45) is 3.17. The fourth-order valence-electron chi connectivity index (χ4n) is 1.34. The van der Waals surface area contributed by atoms with Crippen molar-refractivity contribution in [3.63, 3.8) is 0 Å². The van der Waals surface area contributed by atoms with Crippen LogP contribution >= 0.6 is 24.2 Å². The van der Waals surface area contributed by atoms with Crippen molar-refractivity contribution < 1.29 is 4.74 Å². The highest BCUT2D eigenvalue weighted by Gasteiger charge is 2.14. The minimum Gasteiger partial charge on any atom is -0.617 e.